The van der Waals surface area contributed by atoms with Crippen molar-refractivity contribution in [2.45, 2.75) is 0 Å². The monoisotopic (exact) mass is 236 g/mol. The zero-order valence-electron chi connectivity index (χ0n) is 6.99. The summed E-state index contributed by atoms with van der Waals surface area (Å²) in [5.41, 5.74) is 0. The van der Waals surface area contributed by atoms with E-state index in [2.05, 4.69) is 0 Å². The topological polar surface area (TPSA) is 162 Å². The van der Waals surface area contributed by atoms with Crippen molar-refractivity contribution in [3.63, 3.8) is 0 Å². The van der Waals surface area contributed by atoms with Crippen LogP contribution in [0.25, 0.3) is 0 Å². The van der Waals surface area contributed by atoms with Crippen LogP contribution in [0, 0.1) is 0 Å². The fourth-order valence-electron chi connectivity index (χ4n) is 0. The standard InChI is InChI=1S/FH.Na.2H4O4Si.H/c;;2*1-5(2,3)4;/h1H;;2*1-4H;/q;+1;;;-1. The van der Waals surface area contributed by atoms with Gasteiger partial charge in [-0.15, -0.1) is 0 Å². The van der Waals surface area contributed by atoms with Gasteiger partial charge in [-0.1, -0.05) is 0 Å². The molecule has 0 aliphatic carbocycles. The summed E-state index contributed by atoms with van der Waals surface area (Å²) in [6.45, 7) is 0. The summed E-state index contributed by atoms with van der Waals surface area (Å²) in [6, 6.07) is 0. The Hall–Kier alpha value is 1.04. The Labute approximate surface area is 92.1 Å². The average molecular weight is 236 g/mol. The van der Waals surface area contributed by atoms with Gasteiger partial charge in [0.1, 0.15) is 0 Å². The van der Waals surface area contributed by atoms with Crippen LogP contribution in [-0.4, -0.2) is 56.5 Å². The molecule has 0 unspecified atom stereocenters. The second kappa shape index (κ2) is 8.63. The van der Waals surface area contributed by atoms with Crippen molar-refractivity contribution in [1.29, 1.82) is 0 Å². The van der Waals surface area contributed by atoms with E-state index in [1.54, 1.807) is 0 Å². The van der Waals surface area contributed by atoms with Crippen molar-refractivity contribution in [3.05, 3.63) is 0 Å². The first-order valence-corrected chi connectivity index (χ1v) is 5.37. The summed E-state index contributed by atoms with van der Waals surface area (Å²) < 4.78 is 0. The summed E-state index contributed by atoms with van der Waals surface area (Å²) in [7, 11) is -9.22. The average Bonchev–Trinajstić information content (AvgIpc) is 1.12. The van der Waals surface area contributed by atoms with Crippen LogP contribution >= 0.6 is 0 Å². The molecule has 12 heavy (non-hydrogen) atoms. The first-order chi connectivity index (χ1) is 4.00. The molecule has 0 amide bonds. The van der Waals surface area contributed by atoms with Crippen molar-refractivity contribution < 1.29 is 74.1 Å². The molecule has 0 aliphatic rings. The molecule has 0 radical (unpaired) electrons. The maximum atomic E-state index is 7.33. The molecule has 8 nitrogen and oxygen atoms in total. The van der Waals surface area contributed by atoms with E-state index < -0.39 is 18.1 Å². The molecule has 0 bridgehead atoms. The second-order valence-electron chi connectivity index (χ2n) is 1.20. The van der Waals surface area contributed by atoms with Gasteiger partial charge in [0.05, 0.1) is 0 Å². The van der Waals surface area contributed by atoms with Crippen LogP contribution in [0.1, 0.15) is 1.43 Å². The summed E-state index contributed by atoms with van der Waals surface area (Å²) >= 11 is 0. The Morgan fingerprint density at radius 1 is 0.583 bits per heavy atom. The minimum atomic E-state index is -4.61. The molecule has 0 aromatic rings. The van der Waals surface area contributed by atoms with Crippen LogP contribution < -0.4 is 29.6 Å². The van der Waals surface area contributed by atoms with Gasteiger partial charge in [0, 0.05) is 0 Å². The Morgan fingerprint density at radius 2 is 0.583 bits per heavy atom. The van der Waals surface area contributed by atoms with E-state index in [1.807, 2.05) is 0 Å². The van der Waals surface area contributed by atoms with Gasteiger partial charge in [0.2, 0.25) is 0 Å². The van der Waals surface area contributed by atoms with Gasteiger partial charge in [-0.05, 0) is 0 Å². The van der Waals surface area contributed by atoms with Gasteiger partial charge in [0.25, 0.3) is 0 Å². The van der Waals surface area contributed by atoms with Crippen LogP contribution in [0.2, 0.25) is 0 Å². The molecular weight excluding hydrogens is 226 g/mol. The molecule has 74 valence electrons. The largest absolute Gasteiger partial charge is 1.00 e. The molecule has 8 N–H and O–H groups in total. The van der Waals surface area contributed by atoms with E-state index in [9.17, 15) is 0 Å². The predicted molar refractivity (Wildman–Crippen MR) is 32.9 cm³/mol. The first-order valence-electron chi connectivity index (χ1n) is 1.79. The van der Waals surface area contributed by atoms with Gasteiger partial charge < -0.3 is 39.8 Å². The SMILES string of the molecule is F.O[Si](O)(O)O.O[Si](O)(O)O.[H-].[Na+]. The molecule has 0 aromatic heterocycles. The van der Waals surface area contributed by atoms with Crippen LogP contribution in [0.4, 0.5) is 4.70 Å². The van der Waals surface area contributed by atoms with Crippen molar-refractivity contribution in [2.75, 3.05) is 0 Å². The molecule has 0 rings (SSSR count). The Bertz CT molecular complexity index is 65.1. The fourth-order valence-corrected chi connectivity index (χ4v) is 0. The maximum absolute atomic E-state index is 7.33. The van der Waals surface area contributed by atoms with E-state index in [0.29, 0.717) is 0 Å². The first kappa shape index (κ1) is 23.1. The van der Waals surface area contributed by atoms with Gasteiger partial charge in [-0.3, -0.25) is 4.70 Å². The molecule has 0 saturated heterocycles. The third-order valence-corrected chi connectivity index (χ3v) is 0. The maximum Gasteiger partial charge on any atom is 1.00 e. The Balaban J connectivity index is -0.0000000267. The van der Waals surface area contributed by atoms with E-state index >= 15 is 0 Å². The van der Waals surface area contributed by atoms with Crippen LogP contribution in [-0.2, 0) is 0 Å². The molecule has 0 heterocycles. The smallest absolute Gasteiger partial charge is 1.00 e. The Kier molecular flexibility index (Phi) is 16.6. The summed E-state index contributed by atoms with van der Waals surface area (Å²) in [5.74, 6) is 0. The van der Waals surface area contributed by atoms with Crippen LogP contribution in [0.15, 0.2) is 0 Å². The molecule has 0 atom stereocenters. The number of halogens is 1. The van der Waals surface area contributed by atoms with Crippen molar-refractivity contribution in [2.24, 2.45) is 0 Å². The number of rotatable bonds is 0. The summed E-state index contributed by atoms with van der Waals surface area (Å²) in [5, 5.41) is 0. The van der Waals surface area contributed by atoms with Crippen LogP contribution in [0.5, 0.6) is 0 Å². The fraction of sp³-hybridized carbons (Fsp3) is 0. The second-order valence-corrected chi connectivity index (χ2v) is 3.60. The summed E-state index contributed by atoms with van der Waals surface area (Å²) in [6.07, 6.45) is 0. The molecule has 0 spiro atoms. The molecule has 12 heteroatoms. The third kappa shape index (κ3) is 1020. The van der Waals surface area contributed by atoms with Crippen molar-refractivity contribution in [3.8, 4) is 0 Å². The normalized spacial score (nSPS) is 10.0. The third-order valence-electron chi connectivity index (χ3n) is 0. The minimum absolute atomic E-state index is 0. The van der Waals surface area contributed by atoms with E-state index in [4.69, 9.17) is 38.4 Å². The predicted octanol–water partition coefficient (Wildman–Crippen LogP) is -7.95. The minimum Gasteiger partial charge on any atom is -1.00 e. The molecule has 0 aromatic carbocycles. The molecular formula is H10FNaO8Si2. The molecule has 0 saturated carbocycles. The van der Waals surface area contributed by atoms with Gasteiger partial charge in [0.15, 0.2) is 0 Å². The van der Waals surface area contributed by atoms with E-state index in [1.165, 1.54) is 0 Å². The van der Waals surface area contributed by atoms with Crippen molar-refractivity contribution in [1.82, 2.24) is 0 Å². The Morgan fingerprint density at radius 3 is 0.583 bits per heavy atom. The van der Waals surface area contributed by atoms with Gasteiger partial charge in [-0.2, -0.15) is 0 Å². The van der Waals surface area contributed by atoms with Crippen molar-refractivity contribution >= 4 is 18.1 Å². The van der Waals surface area contributed by atoms with Gasteiger partial charge in [-0.25, -0.2) is 0 Å². The number of hydrogen-bond acceptors (Lipinski definition) is 8. The summed E-state index contributed by atoms with van der Waals surface area (Å²) in [4.78, 5) is 58.6. The van der Waals surface area contributed by atoms with Gasteiger partial charge >= 0.3 is 47.7 Å². The molecule has 0 aliphatic heterocycles. The van der Waals surface area contributed by atoms with E-state index in [0.717, 1.165) is 0 Å². The quantitative estimate of drug-likeness (QED) is 0.192. The van der Waals surface area contributed by atoms with Crippen LogP contribution in [0.3, 0.4) is 0 Å². The zero-order chi connectivity index (χ0) is 9.00. The number of hydrogen-bond donors (Lipinski definition) is 8. The van der Waals surface area contributed by atoms with E-state index in [-0.39, 0.29) is 35.7 Å². The zero-order valence-corrected chi connectivity index (χ0v) is 9.99. The molecule has 0 fully saturated rings.